The van der Waals surface area contributed by atoms with Crippen molar-refractivity contribution < 1.29 is 22.8 Å². The Balaban J connectivity index is 1.69. The highest BCUT2D eigenvalue weighted by atomic mass is 19.1. The molecule has 9 heteroatoms. The number of amides is 1. The third-order valence-electron chi connectivity index (χ3n) is 4.96. The van der Waals surface area contributed by atoms with Gasteiger partial charge in [-0.25, -0.2) is 18.7 Å². The standard InChI is InChI=1S/C23H21F2N5O2/c1-11-6-17(29-23(32)21(31)14-7-15(24)9-16(25)8-14)4-5-18(11)19-20-22(26)27-12(2)10-30(20)13(3)28-19/h4-10,21,31H,1-3H3,(H2,26,27)(H,29,32)/i3D3. The van der Waals surface area contributed by atoms with Crippen molar-refractivity contribution in [3.8, 4) is 11.3 Å². The van der Waals surface area contributed by atoms with E-state index >= 15 is 0 Å². The number of nitrogens with zero attached hydrogens (tertiary/aromatic N) is 3. The van der Waals surface area contributed by atoms with Gasteiger partial charge in [-0.15, -0.1) is 0 Å². The number of hydrogen-bond acceptors (Lipinski definition) is 5. The Morgan fingerprint density at radius 2 is 1.91 bits per heavy atom. The van der Waals surface area contributed by atoms with Crippen molar-refractivity contribution in [2.75, 3.05) is 11.1 Å². The minimum Gasteiger partial charge on any atom is -0.382 e. The lowest BCUT2D eigenvalue weighted by atomic mass is 10.0. The number of nitrogen functional groups attached to an aromatic ring is 1. The first-order valence-electron chi connectivity index (χ1n) is 11.1. The Labute approximate surface area is 186 Å². The molecule has 0 aliphatic carbocycles. The normalized spacial score (nSPS) is 14.0. The number of fused-ring (bicyclic) bond motifs is 1. The lowest BCUT2D eigenvalue weighted by molar-refractivity contribution is -0.124. The highest BCUT2D eigenvalue weighted by molar-refractivity contribution is 5.95. The second kappa shape index (κ2) is 8.01. The molecule has 2 heterocycles. The van der Waals surface area contributed by atoms with E-state index in [1.165, 1.54) is 10.5 Å². The van der Waals surface area contributed by atoms with E-state index in [-0.39, 0.29) is 17.2 Å². The van der Waals surface area contributed by atoms with Crippen LogP contribution in [0.3, 0.4) is 0 Å². The molecule has 7 nitrogen and oxygen atoms in total. The van der Waals surface area contributed by atoms with E-state index in [9.17, 15) is 18.7 Å². The largest absolute Gasteiger partial charge is 0.382 e. The SMILES string of the molecule is [2H]C([2H])([2H])c1nc(-c2ccc(NC(=O)C(O)c3cc(F)cc(F)c3)cc2C)c2c(N)nc(C)cn12. The summed E-state index contributed by atoms with van der Waals surface area (Å²) in [5.74, 6) is -2.77. The zero-order valence-electron chi connectivity index (χ0n) is 20.1. The Morgan fingerprint density at radius 1 is 1.19 bits per heavy atom. The molecule has 4 N–H and O–H groups in total. The Bertz CT molecular complexity index is 1450. The van der Waals surface area contributed by atoms with Crippen LogP contribution < -0.4 is 11.1 Å². The van der Waals surface area contributed by atoms with Crippen LogP contribution in [0.5, 0.6) is 0 Å². The van der Waals surface area contributed by atoms with Crippen LogP contribution in [-0.4, -0.2) is 25.4 Å². The van der Waals surface area contributed by atoms with Crippen LogP contribution >= 0.6 is 0 Å². The molecule has 0 radical (unpaired) electrons. The monoisotopic (exact) mass is 440 g/mol. The van der Waals surface area contributed by atoms with Gasteiger partial charge in [0, 0.05) is 27.6 Å². The zero-order valence-corrected chi connectivity index (χ0v) is 17.1. The zero-order chi connectivity index (χ0) is 25.7. The summed E-state index contributed by atoms with van der Waals surface area (Å²) in [6.07, 6.45) is -0.252. The minimum absolute atomic E-state index is 0.116. The van der Waals surface area contributed by atoms with Gasteiger partial charge in [0.25, 0.3) is 5.91 Å². The minimum atomic E-state index is -2.50. The van der Waals surface area contributed by atoms with Gasteiger partial charge in [-0.3, -0.25) is 9.20 Å². The number of benzene rings is 2. The molecule has 0 fully saturated rings. The quantitative estimate of drug-likeness (QED) is 0.447. The molecule has 0 saturated carbocycles. The number of aromatic nitrogens is 3. The highest BCUT2D eigenvalue weighted by Gasteiger charge is 2.20. The predicted octanol–water partition coefficient (Wildman–Crippen LogP) is 3.85. The summed E-state index contributed by atoms with van der Waals surface area (Å²) in [5.41, 5.74) is 8.53. The average molecular weight is 440 g/mol. The van der Waals surface area contributed by atoms with Crippen LogP contribution in [0.15, 0.2) is 42.6 Å². The fraction of sp³-hybridized carbons (Fsp3) is 0.174. The number of carbonyl (C=O) groups excluding carboxylic acids is 1. The van der Waals surface area contributed by atoms with Crippen molar-refractivity contribution in [1.82, 2.24) is 14.4 Å². The molecule has 0 aliphatic rings. The van der Waals surface area contributed by atoms with Gasteiger partial charge in [0.1, 0.15) is 34.5 Å². The molecule has 2 aromatic heterocycles. The van der Waals surface area contributed by atoms with Crippen molar-refractivity contribution in [2.24, 2.45) is 0 Å². The molecule has 1 atom stereocenters. The number of halogens is 2. The number of hydrogen-bond donors (Lipinski definition) is 3. The molecule has 164 valence electrons. The number of anilines is 2. The number of nitrogens with one attached hydrogen (secondary N) is 1. The van der Waals surface area contributed by atoms with E-state index in [4.69, 9.17) is 9.85 Å². The summed E-state index contributed by atoms with van der Waals surface area (Å²) in [4.78, 5) is 21.0. The summed E-state index contributed by atoms with van der Waals surface area (Å²) < 4.78 is 51.8. The smallest absolute Gasteiger partial charge is 0.257 e. The van der Waals surface area contributed by atoms with Crippen LogP contribution in [-0.2, 0) is 4.79 Å². The third kappa shape index (κ3) is 3.90. The predicted molar refractivity (Wildman–Crippen MR) is 117 cm³/mol. The van der Waals surface area contributed by atoms with Gasteiger partial charge in [0.05, 0.1) is 5.69 Å². The molecule has 0 aliphatic heterocycles. The molecule has 1 unspecified atom stereocenters. The van der Waals surface area contributed by atoms with Crippen molar-refractivity contribution >= 4 is 22.9 Å². The van der Waals surface area contributed by atoms with Crippen LogP contribution in [0.25, 0.3) is 16.8 Å². The summed E-state index contributed by atoms with van der Waals surface area (Å²) in [7, 11) is 0. The third-order valence-corrected chi connectivity index (χ3v) is 4.96. The molecule has 0 bridgehead atoms. The van der Waals surface area contributed by atoms with Crippen molar-refractivity contribution in [3.63, 3.8) is 0 Å². The number of imidazole rings is 1. The number of nitrogens with two attached hydrogens (primary N) is 1. The van der Waals surface area contributed by atoms with Gasteiger partial charge in [-0.2, -0.15) is 0 Å². The van der Waals surface area contributed by atoms with Gasteiger partial charge in [0.15, 0.2) is 6.10 Å². The first-order valence-corrected chi connectivity index (χ1v) is 9.56. The van der Waals surface area contributed by atoms with E-state index in [1.54, 1.807) is 32.2 Å². The number of carbonyl (C=O) groups is 1. The lowest BCUT2D eigenvalue weighted by Crippen LogP contribution is -2.21. The molecule has 0 saturated heterocycles. The lowest BCUT2D eigenvalue weighted by Gasteiger charge is -2.13. The average Bonchev–Trinajstić information content (AvgIpc) is 3.12. The van der Waals surface area contributed by atoms with Gasteiger partial charge in [-0.05, 0) is 56.1 Å². The van der Waals surface area contributed by atoms with Gasteiger partial charge in [0.2, 0.25) is 0 Å². The van der Waals surface area contributed by atoms with E-state index in [1.807, 2.05) is 0 Å². The summed E-state index contributed by atoms with van der Waals surface area (Å²) in [6, 6.07) is 7.10. The fourth-order valence-corrected chi connectivity index (χ4v) is 3.55. The van der Waals surface area contributed by atoms with Gasteiger partial charge >= 0.3 is 0 Å². The van der Waals surface area contributed by atoms with Gasteiger partial charge < -0.3 is 16.2 Å². The van der Waals surface area contributed by atoms with E-state index in [2.05, 4.69) is 15.3 Å². The number of aliphatic hydroxyl groups is 1. The maximum Gasteiger partial charge on any atom is 0.257 e. The van der Waals surface area contributed by atoms with Crippen molar-refractivity contribution in [2.45, 2.75) is 26.8 Å². The molecule has 32 heavy (non-hydrogen) atoms. The summed E-state index contributed by atoms with van der Waals surface area (Å²) >= 11 is 0. The first kappa shape index (κ1) is 17.8. The highest BCUT2D eigenvalue weighted by Crippen LogP contribution is 2.32. The van der Waals surface area contributed by atoms with Crippen LogP contribution in [0.2, 0.25) is 0 Å². The van der Waals surface area contributed by atoms with Crippen molar-refractivity contribution in [3.05, 3.63) is 76.9 Å². The van der Waals surface area contributed by atoms with E-state index in [0.29, 0.717) is 39.8 Å². The van der Waals surface area contributed by atoms with Crippen LogP contribution in [0.4, 0.5) is 20.3 Å². The molecular formula is C23H21F2N5O2. The number of aliphatic hydroxyl groups excluding tert-OH is 1. The topological polar surface area (TPSA) is 106 Å². The fourth-order valence-electron chi connectivity index (χ4n) is 3.55. The molecule has 2 aromatic carbocycles. The molecule has 4 aromatic rings. The second-order valence-electron chi connectivity index (χ2n) is 7.39. The molecule has 0 spiro atoms. The maximum absolute atomic E-state index is 13.4. The Hall–Kier alpha value is -3.85. The van der Waals surface area contributed by atoms with E-state index in [0.717, 1.165) is 12.1 Å². The second-order valence-corrected chi connectivity index (χ2v) is 7.39. The summed E-state index contributed by atoms with van der Waals surface area (Å²) in [6.45, 7) is 0.908. The Morgan fingerprint density at radius 3 is 2.56 bits per heavy atom. The Kier molecular flexibility index (Phi) is 4.45. The van der Waals surface area contributed by atoms with Crippen molar-refractivity contribution in [1.29, 1.82) is 0 Å². The molecular weight excluding hydrogens is 416 g/mol. The van der Waals surface area contributed by atoms with Gasteiger partial charge in [-0.1, -0.05) is 6.07 Å². The number of rotatable bonds is 4. The molecule has 1 amide bonds. The maximum atomic E-state index is 13.4. The van der Waals surface area contributed by atoms with Crippen LogP contribution in [0, 0.1) is 32.3 Å². The van der Waals surface area contributed by atoms with Crippen LogP contribution in [0.1, 0.15) is 32.9 Å². The summed E-state index contributed by atoms with van der Waals surface area (Å²) in [5, 5.41) is 12.7. The number of aryl methyl sites for hydroxylation is 3. The molecule has 4 rings (SSSR count). The first-order chi connectivity index (χ1) is 16.3. The van der Waals surface area contributed by atoms with E-state index < -0.39 is 30.5 Å².